The zero-order valence-corrected chi connectivity index (χ0v) is 49.2. The summed E-state index contributed by atoms with van der Waals surface area (Å²) in [5, 5.41) is 57.0. The van der Waals surface area contributed by atoms with Crippen molar-refractivity contribution in [1.82, 2.24) is 5.32 Å². The highest BCUT2D eigenvalue weighted by Gasteiger charge is 2.47. The van der Waals surface area contributed by atoms with Gasteiger partial charge in [-0.05, 0) is 25.7 Å². The fourth-order valence-corrected chi connectivity index (χ4v) is 10.5. The normalized spacial score (nSPS) is 19.2. The number of hydrogen-bond donors (Lipinski definition) is 6. The zero-order valence-electron chi connectivity index (χ0n) is 49.2. The van der Waals surface area contributed by atoms with E-state index in [1.165, 1.54) is 218 Å². The van der Waals surface area contributed by atoms with Gasteiger partial charge in [-0.25, -0.2) is 0 Å². The quantitative estimate of drug-likeness (QED) is 0.0195. The zero-order chi connectivity index (χ0) is 54.7. The van der Waals surface area contributed by atoms with E-state index in [9.17, 15) is 35.1 Å². The topological polar surface area (TPSA) is 175 Å². The number of unbranched alkanes of at least 4 members (excludes halogenated alkanes) is 42. The van der Waals surface area contributed by atoms with Crippen molar-refractivity contribution in [3.8, 4) is 0 Å². The van der Waals surface area contributed by atoms with Gasteiger partial charge in [0.15, 0.2) is 12.4 Å². The summed E-state index contributed by atoms with van der Waals surface area (Å²) in [6, 6.07) is -1.02. The van der Waals surface area contributed by atoms with Crippen molar-refractivity contribution in [2.24, 2.45) is 0 Å². The molecule has 11 heteroatoms. The first-order chi connectivity index (χ1) is 36.7. The van der Waals surface area contributed by atoms with Gasteiger partial charge in [0.25, 0.3) is 0 Å². The van der Waals surface area contributed by atoms with Gasteiger partial charge in [0, 0.05) is 6.42 Å². The van der Waals surface area contributed by atoms with Crippen LogP contribution >= 0.6 is 0 Å². The number of ether oxygens (including phenoxy) is 3. The Hall–Kier alpha value is -1.60. The van der Waals surface area contributed by atoms with Crippen LogP contribution in [0, 0.1) is 0 Å². The molecule has 1 amide bonds. The van der Waals surface area contributed by atoms with Crippen LogP contribution in [0.4, 0.5) is 0 Å². The molecule has 75 heavy (non-hydrogen) atoms. The van der Waals surface area contributed by atoms with Crippen molar-refractivity contribution in [3.63, 3.8) is 0 Å². The van der Waals surface area contributed by atoms with Gasteiger partial charge in [-0.3, -0.25) is 9.59 Å². The second kappa shape index (κ2) is 53.1. The number of nitrogens with one attached hydrogen (secondary N) is 1. The third-order valence-electron chi connectivity index (χ3n) is 15.7. The first kappa shape index (κ1) is 71.4. The summed E-state index contributed by atoms with van der Waals surface area (Å²) in [6.07, 6.45) is 49.8. The van der Waals surface area contributed by atoms with Crippen molar-refractivity contribution < 1.29 is 49.3 Å². The molecule has 444 valence electrons. The number of aliphatic hydroxyl groups excluding tert-OH is 5. The number of hydrogen-bond acceptors (Lipinski definition) is 10. The summed E-state index contributed by atoms with van der Waals surface area (Å²) in [4.78, 5) is 26.5. The van der Waals surface area contributed by atoms with E-state index < -0.39 is 67.4 Å². The van der Waals surface area contributed by atoms with Gasteiger partial charge >= 0.3 is 5.97 Å². The Morgan fingerprint density at radius 3 is 1.25 bits per heavy atom. The molecule has 1 heterocycles. The Morgan fingerprint density at radius 1 is 0.507 bits per heavy atom. The minimum absolute atomic E-state index is 0.131. The molecule has 0 spiro atoms. The van der Waals surface area contributed by atoms with Crippen LogP contribution < -0.4 is 5.32 Å². The molecule has 1 aliphatic heterocycles. The van der Waals surface area contributed by atoms with E-state index in [0.29, 0.717) is 19.3 Å². The lowest BCUT2D eigenvalue weighted by molar-refractivity contribution is -0.305. The molecular formula is C64H123NO10. The molecule has 0 radical (unpaired) electrons. The van der Waals surface area contributed by atoms with Crippen LogP contribution in [0.3, 0.4) is 0 Å². The molecule has 0 saturated carbocycles. The Morgan fingerprint density at radius 2 is 0.867 bits per heavy atom. The maximum atomic E-state index is 13.4. The lowest BCUT2D eigenvalue weighted by atomic mass is 9.99. The molecule has 1 aliphatic rings. The minimum atomic E-state index is -1.61. The predicted molar refractivity (Wildman–Crippen MR) is 311 cm³/mol. The van der Waals surface area contributed by atoms with E-state index in [1.807, 2.05) is 6.08 Å². The lowest BCUT2D eigenvalue weighted by Gasteiger charge is -2.41. The summed E-state index contributed by atoms with van der Waals surface area (Å²) < 4.78 is 17.6. The van der Waals surface area contributed by atoms with E-state index in [-0.39, 0.29) is 13.0 Å². The molecule has 8 unspecified atom stereocenters. The van der Waals surface area contributed by atoms with Crippen molar-refractivity contribution in [3.05, 3.63) is 12.2 Å². The highest BCUT2D eigenvalue weighted by molar-refractivity contribution is 5.80. The van der Waals surface area contributed by atoms with Crippen molar-refractivity contribution in [2.45, 2.75) is 372 Å². The number of esters is 1. The molecule has 0 aromatic carbocycles. The van der Waals surface area contributed by atoms with Crippen LogP contribution in [0.2, 0.25) is 0 Å². The van der Waals surface area contributed by atoms with Crippen LogP contribution in [0.5, 0.6) is 0 Å². The first-order valence-corrected chi connectivity index (χ1v) is 32.5. The maximum Gasteiger partial charge on any atom is 0.306 e. The average molecular weight is 1070 g/mol. The summed E-state index contributed by atoms with van der Waals surface area (Å²) in [7, 11) is 0. The Labute approximate surface area is 461 Å². The van der Waals surface area contributed by atoms with Crippen LogP contribution in [-0.4, -0.2) is 99.6 Å². The van der Waals surface area contributed by atoms with Gasteiger partial charge < -0.3 is 45.1 Å². The monoisotopic (exact) mass is 1070 g/mol. The number of carbonyl (C=O) groups is 2. The van der Waals surface area contributed by atoms with E-state index >= 15 is 0 Å². The summed E-state index contributed by atoms with van der Waals surface area (Å²) in [5.41, 5.74) is 0. The van der Waals surface area contributed by atoms with Gasteiger partial charge in [0.2, 0.25) is 5.91 Å². The number of carbonyl (C=O) groups excluding carboxylic acids is 2. The van der Waals surface area contributed by atoms with Crippen LogP contribution in [-0.2, 0) is 23.8 Å². The third-order valence-corrected chi connectivity index (χ3v) is 15.7. The number of rotatable bonds is 56. The van der Waals surface area contributed by atoms with Gasteiger partial charge in [-0.1, -0.05) is 303 Å². The third kappa shape index (κ3) is 41.1. The standard InChI is InChI=1S/C64H123NO10/c1-4-7-10-13-16-19-22-24-25-26-27-28-29-30-31-32-34-36-39-42-45-48-51-57(68)63(72)65-55(56(67)50-47-44-41-38-35-21-18-15-12-9-6-3)54-73-64-62(61(71)60(70)58(53-66)74-64)75-59(69)52-49-46-43-40-37-33-23-20-17-14-11-8-5-2/h47,50,55-58,60-62,64,66-68,70-71H,4-46,48-49,51-54H2,1-3H3,(H,65,72)/b50-47+. The van der Waals surface area contributed by atoms with Crippen LogP contribution in [0.15, 0.2) is 12.2 Å². The lowest BCUT2D eigenvalue weighted by Crippen LogP contribution is -2.61. The van der Waals surface area contributed by atoms with E-state index in [2.05, 4.69) is 26.1 Å². The second-order valence-electron chi connectivity index (χ2n) is 22.9. The minimum Gasteiger partial charge on any atom is -0.454 e. The molecule has 1 saturated heterocycles. The van der Waals surface area contributed by atoms with Gasteiger partial charge in [-0.15, -0.1) is 0 Å². The molecule has 1 rings (SSSR count). The molecule has 11 nitrogen and oxygen atoms in total. The highest BCUT2D eigenvalue weighted by atomic mass is 16.7. The first-order valence-electron chi connectivity index (χ1n) is 32.5. The van der Waals surface area contributed by atoms with Gasteiger partial charge in [-0.2, -0.15) is 0 Å². The number of aliphatic hydroxyl groups is 5. The Balaban J connectivity index is 2.59. The van der Waals surface area contributed by atoms with Crippen LogP contribution in [0.1, 0.15) is 323 Å². The molecular weight excluding hydrogens is 943 g/mol. The van der Waals surface area contributed by atoms with Crippen molar-refractivity contribution in [2.75, 3.05) is 13.2 Å². The second-order valence-corrected chi connectivity index (χ2v) is 22.9. The van der Waals surface area contributed by atoms with Crippen LogP contribution in [0.25, 0.3) is 0 Å². The number of allylic oxidation sites excluding steroid dienone is 1. The molecule has 0 aliphatic carbocycles. The highest BCUT2D eigenvalue weighted by Crippen LogP contribution is 2.26. The molecule has 1 fully saturated rings. The van der Waals surface area contributed by atoms with E-state index in [4.69, 9.17) is 14.2 Å². The van der Waals surface area contributed by atoms with E-state index in [1.54, 1.807) is 6.08 Å². The number of amides is 1. The average Bonchev–Trinajstić information content (AvgIpc) is 3.41. The molecule has 0 bridgehead atoms. The molecule has 0 aromatic rings. The fraction of sp³-hybridized carbons (Fsp3) is 0.938. The fourth-order valence-electron chi connectivity index (χ4n) is 10.5. The predicted octanol–water partition coefficient (Wildman–Crippen LogP) is 15.5. The van der Waals surface area contributed by atoms with Crippen molar-refractivity contribution >= 4 is 11.9 Å². The van der Waals surface area contributed by atoms with Crippen molar-refractivity contribution in [1.29, 1.82) is 0 Å². The summed E-state index contributed by atoms with van der Waals surface area (Å²) >= 11 is 0. The molecule has 6 N–H and O–H groups in total. The smallest absolute Gasteiger partial charge is 0.306 e. The van der Waals surface area contributed by atoms with Gasteiger partial charge in [0.05, 0.1) is 25.4 Å². The molecule has 0 aromatic heterocycles. The van der Waals surface area contributed by atoms with E-state index in [0.717, 1.165) is 57.8 Å². The Bertz CT molecular complexity index is 1270. The van der Waals surface area contributed by atoms with Gasteiger partial charge in [0.1, 0.15) is 24.4 Å². The summed E-state index contributed by atoms with van der Waals surface area (Å²) in [6.45, 7) is 5.82. The largest absolute Gasteiger partial charge is 0.454 e. The molecule has 8 atom stereocenters. The Kier molecular flexibility index (Phi) is 50.5. The maximum absolute atomic E-state index is 13.4. The summed E-state index contributed by atoms with van der Waals surface area (Å²) in [5.74, 6) is -1.18. The SMILES string of the molecule is CCCCCCCCCCC/C=C/C(O)C(COC1OC(CO)C(O)C(O)C1OC(=O)CCCCCCCCCCCCCCC)NC(=O)C(O)CCCCCCCCCCCCCCCCCCCCCCCC.